The third-order valence-corrected chi connectivity index (χ3v) is 7.78. The Morgan fingerprint density at radius 3 is 2.11 bits per heavy atom. The van der Waals surface area contributed by atoms with Gasteiger partial charge in [-0.2, -0.15) is 0 Å². The fourth-order valence-electron chi connectivity index (χ4n) is 5.50. The van der Waals surface area contributed by atoms with Crippen molar-refractivity contribution in [1.82, 2.24) is 10.2 Å². The smallest absolute Gasteiger partial charge is 0.408 e. The van der Waals surface area contributed by atoms with E-state index in [-0.39, 0.29) is 18.7 Å². The Hall–Kier alpha value is -4.33. The molecule has 8 heteroatoms. The highest BCUT2D eigenvalue weighted by Gasteiger charge is 2.36. The molecule has 0 spiro atoms. The third-order valence-electron chi connectivity index (χ3n) is 7.78. The second-order valence-electron chi connectivity index (χ2n) is 12.9. The van der Waals surface area contributed by atoms with Crippen molar-refractivity contribution in [2.45, 2.75) is 104 Å². The van der Waals surface area contributed by atoms with E-state index in [1.807, 2.05) is 62.4 Å². The van der Waals surface area contributed by atoms with Gasteiger partial charge in [0, 0.05) is 18.7 Å². The van der Waals surface area contributed by atoms with Crippen molar-refractivity contribution in [3.05, 3.63) is 95.1 Å². The molecule has 0 heterocycles. The van der Waals surface area contributed by atoms with Gasteiger partial charge in [-0.3, -0.25) is 9.59 Å². The molecule has 8 nitrogen and oxygen atoms in total. The molecule has 248 valence electrons. The molecule has 3 N–H and O–H groups in total. The predicted octanol–water partition coefficient (Wildman–Crippen LogP) is 8.01. The number of amides is 3. The molecule has 46 heavy (non-hydrogen) atoms. The predicted molar refractivity (Wildman–Crippen MR) is 184 cm³/mol. The largest absolute Gasteiger partial charge is 0.508 e. The molecule has 0 saturated carbocycles. The summed E-state index contributed by atoms with van der Waals surface area (Å²) in [4.78, 5) is 43.7. The Labute approximate surface area is 274 Å². The number of rotatable bonds is 15. The van der Waals surface area contributed by atoms with Gasteiger partial charge in [0.2, 0.25) is 5.91 Å². The van der Waals surface area contributed by atoms with E-state index in [1.165, 1.54) is 12.1 Å². The van der Waals surface area contributed by atoms with E-state index in [0.717, 1.165) is 48.8 Å². The zero-order chi connectivity index (χ0) is 33.7. The number of nitrogens with zero attached hydrogens (tertiary/aromatic N) is 1. The van der Waals surface area contributed by atoms with Crippen LogP contribution in [0.2, 0.25) is 0 Å². The number of para-hydroxylation sites is 1. The molecule has 3 rings (SSSR count). The first-order chi connectivity index (χ1) is 21.9. The molecule has 0 bridgehead atoms. The van der Waals surface area contributed by atoms with Crippen molar-refractivity contribution < 1.29 is 24.2 Å². The number of carbonyl (C=O) groups is 3. The van der Waals surface area contributed by atoms with Gasteiger partial charge >= 0.3 is 6.09 Å². The zero-order valence-electron chi connectivity index (χ0n) is 28.3. The molecule has 0 aliphatic heterocycles. The zero-order valence-corrected chi connectivity index (χ0v) is 28.3. The molecular weight excluding hydrogens is 578 g/mol. The summed E-state index contributed by atoms with van der Waals surface area (Å²) in [7, 11) is 0. The normalized spacial score (nSPS) is 12.6. The molecule has 2 unspecified atom stereocenters. The lowest BCUT2D eigenvalue weighted by atomic mass is 9.99. The van der Waals surface area contributed by atoms with Crippen LogP contribution < -0.4 is 10.6 Å². The third kappa shape index (κ3) is 11.2. The van der Waals surface area contributed by atoms with Gasteiger partial charge in [-0.25, -0.2) is 4.79 Å². The van der Waals surface area contributed by atoms with Gasteiger partial charge in [-0.15, -0.1) is 0 Å². The van der Waals surface area contributed by atoms with Crippen LogP contribution in [0.15, 0.2) is 72.8 Å². The van der Waals surface area contributed by atoms with Crippen molar-refractivity contribution in [2.24, 2.45) is 0 Å². The highest BCUT2D eigenvalue weighted by atomic mass is 16.6. The first kappa shape index (κ1) is 36.1. The van der Waals surface area contributed by atoms with Crippen molar-refractivity contribution in [3.8, 4) is 5.75 Å². The number of anilines is 1. The molecular formula is C38H51N3O5. The van der Waals surface area contributed by atoms with Crippen LogP contribution in [0.4, 0.5) is 10.5 Å². The minimum absolute atomic E-state index is 0.0120. The number of aryl methyl sites for hydroxylation is 2. The van der Waals surface area contributed by atoms with Crippen molar-refractivity contribution in [3.63, 3.8) is 0 Å². The van der Waals surface area contributed by atoms with Gasteiger partial charge in [0.15, 0.2) is 0 Å². The average Bonchev–Trinajstić information content (AvgIpc) is 2.99. The number of hydrogen-bond donors (Lipinski definition) is 3. The van der Waals surface area contributed by atoms with E-state index in [1.54, 1.807) is 37.8 Å². The topological polar surface area (TPSA) is 108 Å². The Kier molecular flexibility index (Phi) is 13.7. The van der Waals surface area contributed by atoms with Crippen LogP contribution in [0.3, 0.4) is 0 Å². The fraction of sp³-hybridized carbons (Fsp3) is 0.447. The first-order valence-corrected chi connectivity index (χ1v) is 16.4. The molecule has 3 amide bonds. The van der Waals surface area contributed by atoms with E-state index in [4.69, 9.17) is 4.74 Å². The van der Waals surface area contributed by atoms with E-state index >= 15 is 0 Å². The van der Waals surface area contributed by atoms with Crippen LogP contribution >= 0.6 is 0 Å². The van der Waals surface area contributed by atoms with Crippen LogP contribution in [0.5, 0.6) is 5.75 Å². The Morgan fingerprint density at radius 2 is 1.48 bits per heavy atom. The van der Waals surface area contributed by atoms with Gasteiger partial charge in [-0.05, 0) is 75.4 Å². The number of aromatic hydroxyl groups is 1. The number of phenolic OH excluding ortho intramolecular Hbond substituents is 1. The standard InChI is InChI=1S/C38H51N3O5/c1-7-8-9-10-11-15-24-41(36(44)32(25-29-20-13-12-14-21-29)39-37(45)46-38(4,5)6)34(30-22-17-23-31(42)26-30)35(43)40-33-27(2)18-16-19-28(33)3/h12-14,16-23,26,32,34,42H,7-11,15,24-25H2,1-6H3,(H,39,45)(H,40,43). The van der Waals surface area contributed by atoms with Crippen LogP contribution in [0.25, 0.3) is 0 Å². The molecule has 3 aromatic rings. The van der Waals surface area contributed by atoms with Crippen LogP contribution in [0, 0.1) is 13.8 Å². The summed E-state index contributed by atoms with van der Waals surface area (Å²) in [6.45, 7) is 11.6. The molecule has 0 saturated heterocycles. The molecule has 0 fully saturated rings. The number of nitrogens with one attached hydrogen (secondary N) is 2. The quantitative estimate of drug-likeness (QED) is 0.148. The molecule has 2 atom stereocenters. The Morgan fingerprint density at radius 1 is 0.848 bits per heavy atom. The van der Waals surface area contributed by atoms with Crippen LogP contribution in [-0.2, 0) is 20.7 Å². The Bertz CT molecular complexity index is 1410. The number of hydrogen-bond acceptors (Lipinski definition) is 5. The number of alkyl carbamates (subject to hydrolysis) is 1. The summed E-state index contributed by atoms with van der Waals surface area (Å²) in [5, 5.41) is 16.4. The maximum Gasteiger partial charge on any atom is 0.408 e. The number of benzene rings is 3. The van der Waals surface area contributed by atoms with Gasteiger partial charge in [0.25, 0.3) is 5.91 Å². The Balaban J connectivity index is 2.07. The fourth-order valence-corrected chi connectivity index (χ4v) is 5.50. The lowest BCUT2D eigenvalue weighted by molar-refractivity contribution is -0.140. The monoisotopic (exact) mass is 629 g/mol. The van der Waals surface area contributed by atoms with E-state index < -0.39 is 35.6 Å². The summed E-state index contributed by atoms with van der Waals surface area (Å²) in [6.07, 6.45) is 5.44. The molecule has 3 aromatic carbocycles. The molecule has 0 aliphatic carbocycles. The molecule has 0 aliphatic rings. The van der Waals surface area contributed by atoms with Crippen molar-refractivity contribution >= 4 is 23.6 Å². The highest BCUT2D eigenvalue weighted by Crippen LogP contribution is 2.29. The first-order valence-electron chi connectivity index (χ1n) is 16.4. The minimum atomic E-state index is -1.08. The van der Waals surface area contributed by atoms with Crippen molar-refractivity contribution in [1.29, 1.82) is 0 Å². The van der Waals surface area contributed by atoms with E-state index in [0.29, 0.717) is 17.7 Å². The van der Waals surface area contributed by atoms with Gasteiger partial charge < -0.3 is 25.4 Å². The van der Waals surface area contributed by atoms with Crippen molar-refractivity contribution in [2.75, 3.05) is 11.9 Å². The maximum absolute atomic E-state index is 14.7. The SMILES string of the molecule is CCCCCCCCN(C(=O)C(Cc1ccccc1)NC(=O)OC(C)(C)C)C(C(=O)Nc1c(C)cccc1C)c1cccc(O)c1. The number of carbonyl (C=O) groups excluding carboxylic acids is 3. The molecule has 0 aromatic heterocycles. The number of unbranched alkanes of at least 4 members (excludes halogenated alkanes) is 5. The lowest BCUT2D eigenvalue weighted by Gasteiger charge is -2.35. The van der Waals surface area contributed by atoms with Crippen LogP contribution in [0.1, 0.15) is 94.5 Å². The van der Waals surface area contributed by atoms with E-state index in [9.17, 15) is 19.5 Å². The summed E-state index contributed by atoms with van der Waals surface area (Å²) in [5.41, 5.74) is 3.02. The maximum atomic E-state index is 14.7. The second kappa shape index (κ2) is 17.4. The highest BCUT2D eigenvalue weighted by molar-refractivity contribution is 6.00. The molecule has 0 radical (unpaired) electrons. The van der Waals surface area contributed by atoms with Crippen LogP contribution in [-0.4, -0.2) is 46.1 Å². The summed E-state index contributed by atoms with van der Waals surface area (Å²) in [5.74, 6) is -0.826. The summed E-state index contributed by atoms with van der Waals surface area (Å²) in [6, 6.07) is 19.6. The lowest BCUT2D eigenvalue weighted by Crippen LogP contribution is -2.53. The van der Waals surface area contributed by atoms with Gasteiger partial charge in [0.1, 0.15) is 23.4 Å². The van der Waals surface area contributed by atoms with E-state index in [2.05, 4.69) is 17.6 Å². The summed E-state index contributed by atoms with van der Waals surface area (Å²) >= 11 is 0. The second-order valence-corrected chi connectivity index (χ2v) is 12.9. The van der Waals surface area contributed by atoms with Gasteiger partial charge in [-0.1, -0.05) is 99.7 Å². The minimum Gasteiger partial charge on any atom is -0.508 e. The average molecular weight is 630 g/mol. The van der Waals surface area contributed by atoms with Gasteiger partial charge in [0.05, 0.1) is 0 Å². The summed E-state index contributed by atoms with van der Waals surface area (Å²) < 4.78 is 5.55. The number of phenols is 1. The number of ether oxygens (including phenoxy) is 1.